The molecule has 7 heteroatoms. The summed E-state index contributed by atoms with van der Waals surface area (Å²) in [4.78, 5) is 18.6. The number of rotatable bonds is 6. The summed E-state index contributed by atoms with van der Waals surface area (Å²) in [5, 5.41) is 8.13. The smallest absolute Gasteiger partial charge is 0.254 e. The molecule has 25 heavy (non-hydrogen) atoms. The molecular formula is C18H21N5O2. The van der Waals surface area contributed by atoms with Crippen LogP contribution in [0.4, 0.5) is 0 Å². The quantitative estimate of drug-likeness (QED) is 0.690. The highest BCUT2D eigenvalue weighted by molar-refractivity contribution is 5.94. The van der Waals surface area contributed by atoms with Gasteiger partial charge in [0.05, 0.1) is 12.2 Å². The van der Waals surface area contributed by atoms with Crippen LogP contribution in [0.15, 0.2) is 47.2 Å². The molecule has 3 aromatic rings. The van der Waals surface area contributed by atoms with E-state index in [4.69, 9.17) is 4.52 Å². The van der Waals surface area contributed by atoms with Crippen LogP contribution in [0.5, 0.6) is 0 Å². The van der Waals surface area contributed by atoms with Crippen molar-refractivity contribution in [2.45, 2.75) is 26.8 Å². The van der Waals surface area contributed by atoms with E-state index in [0.29, 0.717) is 29.7 Å². The van der Waals surface area contributed by atoms with Gasteiger partial charge in [-0.1, -0.05) is 25.1 Å². The Morgan fingerprint density at radius 3 is 2.88 bits per heavy atom. The molecule has 2 aromatic heterocycles. The third kappa shape index (κ3) is 4.12. The monoisotopic (exact) mass is 339 g/mol. The van der Waals surface area contributed by atoms with Gasteiger partial charge in [-0.15, -0.1) is 0 Å². The van der Waals surface area contributed by atoms with Crippen LogP contribution in [0.3, 0.4) is 0 Å². The number of hydrogen-bond donors (Lipinski definition) is 0. The predicted molar refractivity (Wildman–Crippen MR) is 92.2 cm³/mol. The van der Waals surface area contributed by atoms with Crippen molar-refractivity contribution in [3.63, 3.8) is 0 Å². The lowest BCUT2D eigenvalue weighted by Crippen LogP contribution is -2.26. The second-order valence-corrected chi connectivity index (χ2v) is 6.36. The minimum absolute atomic E-state index is 0.107. The normalized spacial score (nSPS) is 11.0. The van der Waals surface area contributed by atoms with Gasteiger partial charge in [0.2, 0.25) is 5.89 Å². The van der Waals surface area contributed by atoms with E-state index in [-0.39, 0.29) is 5.91 Å². The Morgan fingerprint density at radius 1 is 1.32 bits per heavy atom. The largest absolute Gasteiger partial charge is 0.339 e. The maximum absolute atomic E-state index is 12.7. The van der Waals surface area contributed by atoms with Crippen LogP contribution < -0.4 is 0 Å². The van der Waals surface area contributed by atoms with Crippen LogP contribution in [0, 0.1) is 5.92 Å². The molecule has 0 saturated carbocycles. The summed E-state index contributed by atoms with van der Waals surface area (Å²) in [5.41, 5.74) is 1.42. The summed E-state index contributed by atoms with van der Waals surface area (Å²) in [5.74, 6) is 1.45. The maximum Gasteiger partial charge on any atom is 0.254 e. The Kier molecular flexibility index (Phi) is 4.92. The third-order valence-electron chi connectivity index (χ3n) is 3.68. The van der Waals surface area contributed by atoms with E-state index in [1.807, 2.05) is 30.5 Å². The molecule has 0 atom stereocenters. The minimum Gasteiger partial charge on any atom is -0.339 e. The molecule has 7 nitrogen and oxygen atoms in total. The molecule has 0 fully saturated rings. The van der Waals surface area contributed by atoms with Crippen LogP contribution >= 0.6 is 0 Å². The highest BCUT2D eigenvalue weighted by Gasteiger charge is 2.16. The number of nitrogens with zero attached hydrogens (tertiary/aromatic N) is 5. The third-order valence-corrected chi connectivity index (χ3v) is 3.68. The van der Waals surface area contributed by atoms with Crippen molar-refractivity contribution in [1.82, 2.24) is 24.8 Å². The van der Waals surface area contributed by atoms with Crippen molar-refractivity contribution in [1.29, 1.82) is 0 Å². The van der Waals surface area contributed by atoms with Crippen LogP contribution in [0.2, 0.25) is 0 Å². The van der Waals surface area contributed by atoms with E-state index in [1.54, 1.807) is 28.9 Å². The molecule has 0 unspecified atom stereocenters. The average molecular weight is 339 g/mol. The second-order valence-electron chi connectivity index (χ2n) is 6.36. The van der Waals surface area contributed by atoms with Crippen molar-refractivity contribution >= 4 is 5.91 Å². The number of carbonyl (C=O) groups is 1. The van der Waals surface area contributed by atoms with Crippen LogP contribution in [0.1, 0.15) is 35.9 Å². The summed E-state index contributed by atoms with van der Waals surface area (Å²) in [7, 11) is 1.72. The molecule has 0 aliphatic carbocycles. The zero-order chi connectivity index (χ0) is 17.8. The van der Waals surface area contributed by atoms with Gasteiger partial charge in [0, 0.05) is 31.4 Å². The number of aromatic nitrogens is 4. The first-order valence-electron chi connectivity index (χ1n) is 8.20. The molecule has 3 rings (SSSR count). The molecule has 0 N–H and O–H groups in total. The summed E-state index contributed by atoms with van der Waals surface area (Å²) >= 11 is 0. The first kappa shape index (κ1) is 16.9. The van der Waals surface area contributed by atoms with Gasteiger partial charge in [0.15, 0.2) is 5.82 Å². The fraction of sp³-hybridized carbons (Fsp3) is 0.333. The first-order valence-corrected chi connectivity index (χ1v) is 8.20. The predicted octanol–water partition coefficient (Wildman–Crippen LogP) is 2.73. The number of amides is 1. The highest BCUT2D eigenvalue weighted by Crippen LogP contribution is 2.13. The van der Waals surface area contributed by atoms with Crippen molar-refractivity contribution in [2.75, 3.05) is 7.05 Å². The SMILES string of the molecule is CC(C)Cc1nc(CN(C)C(=O)c2cccc(-n3cccn3)c2)no1. The minimum atomic E-state index is -0.107. The summed E-state index contributed by atoms with van der Waals surface area (Å²) < 4.78 is 6.94. The Morgan fingerprint density at radius 2 is 2.16 bits per heavy atom. The molecule has 2 heterocycles. The van der Waals surface area contributed by atoms with E-state index in [9.17, 15) is 4.79 Å². The number of benzene rings is 1. The molecule has 0 aliphatic heterocycles. The van der Waals surface area contributed by atoms with Crippen molar-refractivity contribution in [3.8, 4) is 5.69 Å². The van der Waals surface area contributed by atoms with Gasteiger partial charge in [-0.05, 0) is 30.2 Å². The van der Waals surface area contributed by atoms with Crippen LogP contribution in [0.25, 0.3) is 5.69 Å². The van der Waals surface area contributed by atoms with Crippen molar-refractivity contribution in [3.05, 3.63) is 60.0 Å². The number of hydrogen-bond acceptors (Lipinski definition) is 5. The highest BCUT2D eigenvalue weighted by atomic mass is 16.5. The van der Waals surface area contributed by atoms with Gasteiger partial charge < -0.3 is 9.42 Å². The molecule has 0 bridgehead atoms. The fourth-order valence-corrected chi connectivity index (χ4v) is 2.49. The topological polar surface area (TPSA) is 77.1 Å². The van der Waals surface area contributed by atoms with Crippen molar-refractivity contribution in [2.24, 2.45) is 5.92 Å². The maximum atomic E-state index is 12.7. The van der Waals surface area contributed by atoms with Gasteiger partial charge in [-0.25, -0.2) is 4.68 Å². The van der Waals surface area contributed by atoms with Crippen LogP contribution in [-0.4, -0.2) is 37.8 Å². The van der Waals surface area contributed by atoms with Gasteiger partial charge in [0.25, 0.3) is 5.91 Å². The summed E-state index contributed by atoms with van der Waals surface area (Å²) in [6.45, 7) is 4.48. The standard InChI is InChI=1S/C18H21N5O2/c1-13(2)10-17-20-16(21-25-17)12-22(3)18(24)14-6-4-7-15(11-14)23-9-5-8-19-23/h4-9,11,13H,10,12H2,1-3H3. The first-order chi connectivity index (χ1) is 12.0. The van der Waals surface area contributed by atoms with Gasteiger partial charge >= 0.3 is 0 Å². The van der Waals surface area contributed by atoms with E-state index in [1.165, 1.54) is 0 Å². The molecule has 1 aromatic carbocycles. The molecule has 0 spiro atoms. The molecule has 0 saturated heterocycles. The van der Waals surface area contributed by atoms with Crippen molar-refractivity contribution < 1.29 is 9.32 Å². The van der Waals surface area contributed by atoms with E-state index in [2.05, 4.69) is 29.1 Å². The fourth-order valence-electron chi connectivity index (χ4n) is 2.49. The van der Waals surface area contributed by atoms with Gasteiger partial charge in [0.1, 0.15) is 0 Å². The van der Waals surface area contributed by atoms with E-state index < -0.39 is 0 Å². The lowest BCUT2D eigenvalue weighted by atomic mass is 10.1. The molecule has 1 amide bonds. The molecule has 130 valence electrons. The second kappa shape index (κ2) is 7.29. The van der Waals surface area contributed by atoms with Gasteiger partial charge in [-0.2, -0.15) is 10.1 Å². The Balaban J connectivity index is 1.70. The Hall–Kier alpha value is -2.96. The number of carbonyl (C=O) groups excluding carboxylic acids is 1. The zero-order valence-corrected chi connectivity index (χ0v) is 14.6. The molecular weight excluding hydrogens is 318 g/mol. The Bertz CT molecular complexity index is 839. The van der Waals surface area contributed by atoms with Gasteiger partial charge in [-0.3, -0.25) is 4.79 Å². The Labute approximate surface area is 146 Å². The summed E-state index contributed by atoms with van der Waals surface area (Å²) in [6.07, 6.45) is 4.27. The lowest BCUT2D eigenvalue weighted by Gasteiger charge is -2.15. The zero-order valence-electron chi connectivity index (χ0n) is 14.6. The summed E-state index contributed by atoms with van der Waals surface area (Å²) in [6, 6.07) is 9.18. The van der Waals surface area contributed by atoms with Crippen LogP contribution in [-0.2, 0) is 13.0 Å². The average Bonchev–Trinajstić information content (AvgIpc) is 3.26. The molecule has 0 aliphatic rings. The molecule has 0 radical (unpaired) electrons. The van der Waals surface area contributed by atoms with E-state index >= 15 is 0 Å². The lowest BCUT2D eigenvalue weighted by molar-refractivity contribution is 0.0780. The van der Waals surface area contributed by atoms with E-state index in [0.717, 1.165) is 12.1 Å².